The molecule has 0 bridgehead atoms. The van der Waals surface area contributed by atoms with Gasteiger partial charge in [-0.15, -0.1) is 12.4 Å². The lowest BCUT2D eigenvalue weighted by atomic mass is 9.82. The fourth-order valence-corrected chi connectivity index (χ4v) is 1.39. The molecule has 0 aliphatic rings. The average molecular weight is 251 g/mol. The molecule has 3 N–H and O–H groups in total. The fourth-order valence-electron chi connectivity index (χ4n) is 1.15. The van der Waals surface area contributed by atoms with Gasteiger partial charge in [0.2, 0.25) is 0 Å². The third-order valence-corrected chi connectivity index (χ3v) is 2.69. The molecule has 0 amide bonds. The molecule has 1 aromatic rings. The van der Waals surface area contributed by atoms with Crippen molar-refractivity contribution in [3.05, 3.63) is 29.0 Å². The molecule has 0 saturated carbocycles. The summed E-state index contributed by atoms with van der Waals surface area (Å²) in [5, 5.41) is 9.58. The van der Waals surface area contributed by atoms with Crippen LogP contribution in [0.3, 0.4) is 0 Å². The van der Waals surface area contributed by atoms with Crippen molar-refractivity contribution in [2.45, 2.75) is 19.9 Å². The molecule has 5 heteroatoms. The first-order valence-corrected chi connectivity index (χ1v) is 4.83. The predicted molar refractivity (Wildman–Crippen MR) is 64.3 cm³/mol. The van der Waals surface area contributed by atoms with Crippen LogP contribution < -0.4 is 5.73 Å². The van der Waals surface area contributed by atoms with E-state index >= 15 is 0 Å². The van der Waals surface area contributed by atoms with Gasteiger partial charge in [0.1, 0.15) is 5.15 Å². The second-order valence-electron chi connectivity index (χ2n) is 4.01. The molecule has 0 fully saturated rings. The van der Waals surface area contributed by atoms with Crippen LogP contribution in [0.15, 0.2) is 18.3 Å². The highest BCUT2D eigenvalue weighted by molar-refractivity contribution is 6.30. The summed E-state index contributed by atoms with van der Waals surface area (Å²) in [4.78, 5) is 3.95. The summed E-state index contributed by atoms with van der Waals surface area (Å²) in [6.07, 6.45) is 1.62. The first kappa shape index (κ1) is 14.6. The molecule has 0 spiro atoms. The Kier molecular flexibility index (Phi) is 5.53. The maximum absolute atomic E-state index is 9.17. The van der Waals surface area contributed by atoms with Crippen LogP contribution in [0.2, 0.25) is 5.15 Å². The summed E-state index contributed by atoms with van der Waals surface area (Å²) in [6, 6.07) is 3.31. The van der Waals surface area contributed by atoms with E-state index in [-0.39, 0.29) is 25.1 Å². The summed E-state index contributed by atoms with van der Waals surface area (Å²) in [5.41, 5.74) is 6.38. The van der Waals surface area contributed by atoms with Crippen LogP contribution in [0.25, 0.3) is 0 Å². The van der Waals surface area contributed by atoms with Crippen molar-refractivity contribution in [1.82, 2.24) is 4.98 Å². The van der Waals surface area contributed by atoms with Gasteiger partial charge in [-0.2, -0.15) is 0 Å². The molecule has 0 aliphatic carbocycles. The van der Waals surface area contributed by atoms with E-state index in [1.807, 2.05) is 19.9 Å². The maximum atomic E-state index is 9.17. The number of pyridine rings is 1. The summed E-state index contributed by atoms with van der Waals surface area (Å²) in [7, 11) is 0. The molecule has 0 aromatic carbocycles. The lowest BCUT2D eigenvalue weighted by Crippen LogP contribution is -2.32. The normalized spacial score (nSPS) is 13.1. The molecular formula is C10H16Cl2N2O. The Hall–Kier alpha value is -0.350. The third-order valence-electron chi connectivity index (χ3n) is 2.37. The van der Waals surface area contributed by atoms with Crippen LogP contribution in [0, 0.1) is 5.41 Å². The lowest BCUT2D eigenvalue weighted by Gasteiger charge is -2.29. The standard InChI is InChI=1S/C10H15ClN2O.ClH/c1-10(2,6-14)8(12)7-4-3-5-13-9(7)11;/h3-5,8,14H,6,12H2,1-2H3;1H/t8-;/m0./s1. The zero-order chi connectivity index (χ0) is 10.8. The van der Waals surface area contributed by atoms with E-state index in [0.717, 1.165) is 5.56 Å². The minimum atomic E-state index is -0.396. The quantitative estimate of drug-likeness (QED) is 0.809. The zero-order valence-corrected chi connectivity index (χ0v) is 10.3. The number of nitrogens with zero attached hydrogens (tertiary/aromatic N) is 1. The van der Waals surface area contributed by atoms with E-state index in [4.69, 9.17) is 17.3 Å². The molecular weight excluding hydrogens is 235 g/mol. The van der Waals surface area contributed by atoms with Crippen LogP contribution in [0.5, 0.6) is 0 Å². The Morgan fingerprint density at radius 1 is 1.60 bits per heavy atom. The number of halogens is 2. The van der Waals surface area contributed by atoms with Crippen LogP contribution in [0.4, 0.5) is 0 Å². The van der Waals surface area contributed by atoms with Crippen molar-refractivity contribution >= 4 is 24.0 Å². The molecule has 15 heavy (non-hydrogen) atoms. The zero-order valence-electron chi connectivity index (χ0n) is 8.77. The Labute approximate surface area is 101 Å². The second-order valence-corrected chi connectivity index (χ2v) is 4.37. The highest BCUT2D eigenvalue weighted by Crippen LogP contribution is 2.33. The SMILES string of the molecule is CC(C)(CO)[C@@H](N)c1cccnc1Cl.Cl. The van der Waals surface area contributed by atoms with E-state index in [1.165, 1.54) is 0 Å². The van der Waals surface area contributed by atoms with Crippen molar-refractivity contribution in [3.63, 3.8) is 0 Å². The molecule has 0 unspecified atom stereocenters. The predicted octanol–water partition coefficient (Wildman–Crippen LogP) is 2.18. The van der Waals surface area contributed by atoms with Crippen molar-refractivity contribution in [1.29, 1.82) is 0 Å². The molecule has 1 aromatic heterocycles. The van der Waals surface area contributed by atoms with Crippen LogP contribution in [-0.2, 0) is 0 Å². The van der Waals surface area contributed by atoms with E-state index in [0.29, 0.717) is 5.15 Å². The number of hydrogen-bond acceptors (Lipinski definition) is 3. The lowest BCUT2D eigenvalue weighted by molar-refractivity contribution is 0.132. The number of aliphatic hydroxyl groups is 1. The number of rotatable bonds is 3. The van der Waals surface area contributed by atoms with Crippen LogP contribution in [-0.4, -0.2) is 16.7 Å². The fraction of sp³-hybridized carbons (Fsp3) is 0.500. The molecule has 0 radical (unpaired) electrons. The smallest absolute Gasteiger partial charge is 0.133 e. The average Bonchev–Trinajstić information content (AvgIpc) is 2.17. The van der Waals surface area contributed by atoms with Gasteiger partial charge in [-0.1, -0.05) is 31.5 Å². The summed E-state index contributed by atoms with van der Waals surface area (Å²) >= 11 is 5.91. The van der Waals surface area contributed by atoms with Gasteiger partial charge < -0.3 is 10.8 Å². The van der Waals surface area contributed by atoms with Gasteiger partial charge in [-0.3, -0.25) is 0 Å². The maximum Gasteiger partial charge on any atom is 0.133 e. The van der Waals surface area contributed by atoms with Crippen molar-refractivity contribution in [2.24, 2.45) is 11.1 Å². The summed E-state index contributed by atoms with van der Waals surface area (Å²) in [6.45, 7) is 3.79. The number of nitrogens with two attached hydrogens (primary N) is 1. The van der Waals surface area contributed by atoms with Crippen molar-refractivity contribution < 1.29 is 5.11 Å². The van der Waals surface area contributed by atoms with Gasteiger partial charge in [-0.25, -0.2) is 4.98 Å². The highest BCUT2D eigenvalue weighted by atomic mass is 35.5. The van der Waals surface area contributed by atoms with Gasteiger partial charge in [0.15, 0.2) is 0 Å². The van der Waals surface area contributed by atoms with Crippen LogP contribution >= 0.6 is 24.0 Å². The first-order valence-electron chi connectivity index (χ1n) is 4.46. The minimum Gasteiger partial charge on any atom is -0.396 e. The van der Waals surface area contributed by atoms with Gasteiger partial charge in [0, 0.05) is 29.8 Å². The van der Waals surface area contributed by atoms with Gasteiger partial charge in [-0.05, 0) is 6.07 Å². The van der Waals surface area contributed by atoms with E-state index in [9.17, 15) is 5.11 Å². The minimum absolute atomic E-state index is 0. The monoisotopic (exact) mass is 250 g/mol. The van der Waals surface area contributed by atoms with Gasteiger partial charge in [0.25, 0.3) is 0 Å². The largest absolute Gasteiger partial charge is 0.396 e. The third kappa shape index (κ3) is 3.31. The second kappa shape index (κ2) is 5.66. The van der Waals surface area contributed by atoms with Crippen LogP contribution in [0.1, 0.15) is 25.5 Å². The van der Waals surface area contributed by atoms with Gasteiger partial charge >= 0.3 is 0 Å². The molecule has 0 aliphatic heterocycles. The van der Waals surface area contributed by atoms with Gasteiger partial charge in [0.05, 0.1) is 0 Å². The summed E-state index contributed by atoms with van der Waals surface area (Å²) in [5.74, 6) is 0. The van der Waals surface area contributed by atoms with E-state index in [1.54, 1.807) is 12.3 Å². The molecule has 1 heterocycles. The van der Waals surface area contributed by atoms with Crippen molar-refractivity contribution in [3.8, 4) is 0 Å². The highest BCUT2D eigenvalue weighted by Gasteiger charge is 2.28. The summed E-state index contributed by atoms with van der Waals surface area (Å²) < 4.78 is 0. The number of aromatic nitrogens is 1. The van der Waals surface area contributed by atoms with Crippen molar-refractivity contribution in [2.75, 3.05) is 6.61 Å². The molecule has 0 saturated heterocycles. The number of hydrogen-bond donors (Lipinski definition) is 2. The first-order chi connectivity index (χ1) is 6.49. The Balaban J connectivity index is 0.00000196. The van der Waals surface area contributed by atoms with E-state index < -0.39 is 5.41 Å². The van der Waals surface area contributed by atoms with E-state index in [2.05, 4.69) is 4.98 Å². The Bertz CT molecular complexity index is 318. The molecule has 3 nitrogen and oxygen atoms in total. The molecule has 86 valence electrons. The number of aliphatic hydroxyl groups excluding tert-OH is 1. The Morgan fingerprint density at radius 2 is 2.20 bits per heavy atom. The molecule has 1 rings (SSSR count). The Morgan fingerprint density at radius 3 is 2.67 bits per heavy atom. The molecule has 1 atom stereocenters. The topological polar surface area (TPSA) is 59.1 Å².